The van der Waals surface area contributed by atoms with Gasteiger partial charge in [0.05, 0.1) is 12.7 Å². The minimum atomic E-state index is -0.269. The second-order valence-electron chi connectivity index (χ2n) is 5.76. The summed E-state index contributed by atoms with van der Waals surface area (Å²) in [5.74, 6) is -0.198. The number of esters is 1. The quantitative estimate of drug-likeness (QED) is 0.504. The molecule has 2 unspecified atom stereocenters. The van der Waals surface area contributed by atoms with Crippen LogP contribution < -0.4 is 5.73 Å². The summed E-state index contributed by atoms with van der Waals surface area (Å²) in [5, 5.41) is 10.3. The Hall–Kier alpha value is -0.870. The Morgan fingerprint density at radius 2 is 2.15 bits per heavy atom. The lowest BCUT2D eigenvalue weighted by molar-refractivity contribution is -0.143. The maximum Gasteiger partial charge on any atom is 0.305 e. The predicted molar refractivity (Wildman–Crippen MR) is 80.2 cm³/mol. The molecule has 1 rings (SSSR count). The summed E-state index contributed by atoms with van der Waals surface area (Å²) in [6.45, 7) is 4.36. The van der Waals surface area contributed by atoms with Crippen LogP contribution in [0.4, 0.5) is 0 Å². The zero-order valence-corrected chi connectivity index (χ0v) is 12.8. The molecule has 1 saturated carbocycles. The van der Waals surface area contributed by atoms with Crippen molar-refractivity contribution in [2.24, 2.45) is 11.1 Å². The minimum Gasteiger partial charge on any atom is -0.466 e. The Kier molecular flexibility index (Phi) is 7.24. The van der Waals surface area contributed by atoms with Gasteiger partial charge in [-0.15, -0.1) is 0 Å². The van der Waals surface area contributed by atoms with Crippen molar-refractivity contribution in [3.8, 4) is 0 Å². The van der Waals surface area contributed by atoms with Crippen LogP contribution in [-0.4, -0.2) is 29.8 Å². The number of carbonyl (C=O) groups is 1. The molecule has 0 heterocycles. The van der Waals surface area contributed by atoms with Crippen LogP contribution in [0.15, 0.2) is 12.2 Å². The second kappa shape index (κ2) is 8.42. The van der Waals surface area contributed by atoms with Gasteiger partial charge in [0.15, 0.2) is 0 Å². The van der Waals surface area contributed by atoms with Gasteiger partial charge in [-0.25, -0.2) is 0 Å². The van der Waals surface area contributed by atoms with Crippen LogP contribution in [0.5, 0.6) is 0 Å². The van der Waals surface area contributed by atoms with Gasteiger partial charge in [0, 0.05) is 12.5 Å². The molecule has 116 valence electrons. The zero-order chi connectivity index (χ0) is 15.0. The summed E-state index contributed by atoms with van der Waals surface area (Å²) in [6, 6.07) is -0.148. The topological polar surface area (TPSA) is 72.5 Å². The Bertz CT molecular complexity index is 318. The molecular weight excluding hydrogens is 254 g/mol. The summed E-state index contributed by atoms with van der Waals surface area (Å²) in [5.41, 5.74) is 6.05. The molecule has 1 aliphatic rings. The number of rotatable bonds is 9. The van der Waals surface area contributed by atoms with Gasteiger partial charge in [-0.3, -0.25) is 4.79 Å². The first-order valence-corrected chi connectivity index (χ1v) is 7.80. The van der Waals surface area contributed by atoms with Crippen LogP contribution in [0.25, 0.3) is 0 Å². The van der Waals surface area contributed by atoms with Crippen molar-refractivity contribution in [3.63, 3.8) is 0 Å². The third-order valence-electron chi connectivity index (χ3n) is 4.49. The van der Waals surface area contributed by atoms with Crippen LogP contribution in [0.2, 0.25) is 0 Å². The second-order valence-corrected chi connectivity index (χ2v) is 5.76. The Labute approximate surface area is 122 Å². The van der Waals surface area contributed by atoms with Crippen molar-refractivity contribution in [1.82, 2.24) is 0 Å². The lowest BCUT2D eigenvalue weighted by atomic mass is 9.63. The first-order valence-electron chi connectivity index (χ1n) is 7.80. The molecule has 4 nitrogen and oxygen atoms in total. The van der Waals surface area contributed by atoms with Crippen LogP contribution in [-0.2, 0) is 9.53 Å². The summed E-state index contributed by atoms with van der Waals surface area (Å²) < 4.78 is 4.86. The predicted octanol–water partition coefficient (Wildman–Crippen LogP) is 2.54. The number of aliphatic hydroxyl groups excluding tert-OH is 1. The van der Waals surface area contributed by atoms with Gasteiger partial charge >= 0.3 is 5.97 Å². The van der Waals surface area contributed by atoms with Crippen LogP contribution in [0, 0.1) is 5.41 Å². The van der Waals surface area contributed by atoms with E-state index in [1.54, 1.807) is 6.92 Å². The molecule has 3 N–H and O–H groups in total. The lowest BCUT2D eigenvalue weighted by Gasteiger charge is -2.45. The van der Waals surface area contributed by atoms with Crippen molar-refractivity contribution >= 4 is 5.97 Å². The Morgan fingerprint density at radius 1 is 1.45 bits per heavy atom. The first-order chi connectivity index (χ1) is 9.54. The lowest BCUT2D eigenvalue weighted by Crippen LogP contribution is -2.40. The van der Waals surface area contributed by atoms with Crippen molar-refractivity contribution in [2.75, 3.05) is 6.61 Å². The molecule has 4 heteroatoms. The monoisotopic (exact) mass is 283 g/mol. The van der Waals surface area contributed by atoms with Crippen molar-refractivity contribution in [1.29, 1.82) is 0 Å². The highest BCUT2D eigenvalue weighted by Crippen LogP contribution is 2.47. The number of hydrogen-bond acceptors (Lipinski definition) is 4. The molecule has 0 aromatic rings. The van der Waals surface area contributed by atoms with Gasteiger partial charge < -0.3 is 15.6 Å². The highest BCUT2D eigenvalue weighted by Gasteiger charge is 2.40. The van der Waals surface area contributed by atoms with Gasteiger partial charge in [0.2, 0.25) is 0 Å². The summed E-state index contributed by atoms with van der Waals surface area (Å²) in [7, 11) is 0. The van der Waals surface area contributed by atoms with E-state index in [1.165, 1.54) is 6.42 Å². The normalized spacial score (nSPS) is 20.4. The SMILES string of the molecule is CCOC(=O)CCC(N)C=CCC(O)C1(CC)CCC1. The molecule has 20 heavy (non-hydrogen) atoms. The fourth-order valence-corrected chi connectivity index (χ4v) is 2.80. The minimum absolute atomic E-state index is 0.138. The van der Waals surface area contributed by atoms with E-state index in [4.69, 9.17) is 10.5 Å². The van der Waals surface area contributed by atoms with E-state index in [9.17, 15) is 9.90 Å². The molecule has 0 amide bonds. The summed E-state index contributed by atoms with van der Waals surface area (Å²) in [6.07, 6.45) is 9.70. The maximum absolute atomic E-state index is 11.2. The molecule has 2 atom stereocenters. The highest BCUT2D eigenvalue weighted by molar-refractivity contribution is 5.69. The molecular formula is C16H29NO3. The summed E-state index contributed by atoms with van der Waals surface area (Å²) >= 11 is 0. The van der Waals surface area contributed by atoms with E-state index in [0.29, 0.717) is 25.9 Å². The van der Waals surface area contributed by atoms with Gasteiger partial charge in [0.1, 0.15) is 0 Å². The zero-order valence-electron chi connectivity index (χ0n) is 12.8. The molecule has 0 radical (unpaired) electrons. The third kappa shape index (κ3) is 4.91. The Morgan fingerprint density at radius 3 is 2.65 bits per heavy atom. The maximum atomic E-state index is 11.2. The van der Waals surface area contributed by atoms with Crippen molar-refractivity contribution in [2.45, 2.75) is 70.9 Å². The smallest absolute Gasteiger partial charge is 0.305 e. The average molecular weight is 283 g/mol. The standard InChI is InChI=1S/C16H29NO3/c1-3-16(11-6-12-16)14(18)8-5-7-13(17)9-10-15(19)20-4-2/h5,7,13-14,18H,3-4,6,8-12,17H2,1-2H3. The van der Waals surface area contributed by atoms with Gasteiger partial charge in [0.25, 0.3) is 0 Å². The van der Waals surface area contributed by atoms with E-state index in [-0.39, 0.29) is 23.5 Å². The molecule has 0 spiro atoms. The Balaban J connectivity index is 2.24. The highest BCUT2D eigenvalue weighted by atomic mass is 16.5. The van der Waals surface area contributed by atoms with Crippen LogP contribution >= 0.6 is 0 Å². The number of hydrogen-bond donors (Lipinski definition) is 2. The fraction of sp³-hybridized carbons (Fsp3) is 0.812. The van der Waals surface area contributed by atoms with E-state index in [0.717, 1.165) is 19.3 Å². The first kappa shape index (κ1) is 17.2. The molecule has 0 aliphatic heterocycles. The molecule has 1 fully saturated rings. The van der Waals surface area contributed by atoms with Gasteiger partial charge in [-0.05, 0) is 44.4 Å². The largest absolute Gasteiger partial charge is 0.466 e. The molecule has 1 aliphatic carbocycles. The molecule has 0 bridgehead atoms. The van der Waals surface area contributed by atoms with Gasteiger partial charge in [-0.1, -0.05) is 25.5 Å². The molecule has 0 saturated heterocycles. The molecule has 0 aromatic heterocycles. The third-order valence-corrected chi connectivity index (χ3v) is 4.49. The van der Waals surface area contributed by atoms with E-state index in [2.05, 4.69) is 6.92 Å². The van der Waals surface area contributed by atoms with E-state index < -0.39 is 0 Å². The average Bonchev–Trinajstić information content (AvgIpc) is 2.36. The number of ether oxygens (including phenoxy) is 1. The fourth-order valence-electron chi connectivity index (χ4n) is 2.80. The van der Waals surface area contributed by atoms with Crippen LogP contribution in [0.1, 0.15) is 58.8 Å². The van der Waals surface area contributed by atoms with Crippen molar-refractivity contribution in [3.05, 3.63) is 12.2 Å². The van der Waals surface area contributed by atoms with Crippen molar-refractivity contribution < 1.29 is 14.6 Å². The number of carbonyl (C=O) groups excluding carboxylic acids is 1. The van der Waals surface area contributed by atoms with E-state index >= 15 is 0 Å². The van der Waals surface area contributed by atoms with E-state index in [1.807, 2.05) is 12.2 Å². The van der Waals surface area contributed by atoms with Crippen LogP contribution in [0.3, 0.4) is 0 Å². The molecule has 0 aromatic carbocycles. The number of aliphatic hydroxyl groups is 1. The van der Waals surface area contributed by atoms with Gasteiger partial charge in [-0.2, -0.15) is 0 Å². The summed E-state index contributed by atoms with van der Waals surface area (Å²) in [4.78, 5) is 11.2. The number of nitrogens with two attached hydrogens (primary N) is 1.